The van der Waals surface area contributed by atoms with Crippen LogP contribution in [0.15, 0.2) is 36.4 Å². The zero-order valence-corrected chi connectivity index (χ0v) is 35.4. The first kappa shape index (κ1) is 42.9. The number of carbonyl (C=O) groups excluding carboxylic acids is 4. The van der Waals surface area contributed by atoms with Crippen LogP contribution in [0.2, 0.25) is 0 Å². The summed E-state index contributed by atoms with van der Waals surface area (Å²) in [5, 5.41) is 1.63. The Balaban J connectivity index is 1.24. The topological polar surface area (TPSA) is 167 Å². The van der Waals surface area contributed by atoms with Crippen LogP contribution in [0, 0.1) is 17.3 Å². The number of aryl methyl sites for hydroxylation is 1. The van der Waals surface area contributed by atoms with E-state index in [4.69, 9.17) is 23.9 Å². The number of nitrogens with one attached hydrogen (secondary N) is 1. The summed E-state index contributed by atoms with van der Waals surface area (Å²) in [4.78, 5) is 63.1. The van der Waals surface area contributed by atoms with Crippen molar-refractivity contribution in [3.63, 3.8) is 0 Å². The van der Waals surface area contributed by atoms with E-state index in [0.29, 0.717) is 45.1 Å². The van der Waals surface area contributed by atoms with Gasteiger partial charge >= 0.3 is 5.97 Å². The number of halogens is 2. The molecule has 4 heterocycles. The molecule has 2 amide bonds. The Morgan fingerprint density at radius 3 is 2.51 bits per heavy atom. The number of amides is 2. The maximum Gasteiger partial charge on any atom is 0.307 e. The quantitative estimate of drug-likeness (QED) is 0.232. The molecular formula is C43H55F2N3O10S. The Hall–Kier alpha value is -4.18. The molecule has 0 unspecified atom stereocenters. The number of allylic oxidation sites excluding steroid dienone is 2. The van der Waals surface area contributed by atoms with Crippen molar-refractivity contribution in [1.29, 1.82) is 0 Å². The highest BCUT2D eigenvalue weighted by Crippen LogP contribution is 2.58. The summed E-state index contributed by atoms with van der Waals surface area (Å²) in [7, 11) is -4.02. The van der Waals surface area contributed by atoms with Crippen molar-refractivity contribution in [1.82, 2.24) is 14.6 Å². The summed E-state index contributed by atoms with van der Waals surface area (Å²) in [6.07, 6.45) is 4.28. The maximum absolute atomic E-state index is 14.9. The van der Waals surface area contributed by atoms with E-state index in [2.05, 4.69) is 4.72 Å². The van der Waals surface area contributed by atoms with Gasteiger partial charge in [-0.25, -0.2) is 17.2 Å². The minimum absolute atomic E-state index is 0.00894. The fourth-order valence-electron chi connectivity index (χ4n) is 8.46. The second-order valence-electron chi connectivity index (χ2n) is 18.0. The maximum atomic E-state index is 14.9. The molecule has 7 rings (SSSR count). The highest BCUT2D eigenvalue weighted by atomic mass is 32.2. The number of nitrogens with zero attached hydrogens (tertiary/aromatic N) is 2. The van der Waals surface area contributed by atoms with Crippen LogP contribution in [0.1, 0.15) is 105 Å². The number of aromatic nitrogens is 1. The third-order valence-corrected chi connectivity index (χ3v) is 15.3. The van der Waals surface area contributed by atoms with E-state index in [1.54, 1.807) is 13.8 Å². The lowest BCUT2D eigenvalue weighted by Crippen LogP contribution is -2.50. The molecule has 1 aromatic carbocycles. The zero-order valence-electron chi connectivity index (χ0n) is 34.6. The second kappa shape index (κ2) is 15.7. The van der Waals surface area contributed by atoms with Gasteiger partial charge in [0.2, 0.25) is 33.6 Å². The van der Waals surface area contributed by atoms with Crippen LogP contribution in [0.25, 0.3) is 10.8 Å². The van der Waals surface area contributed by atoms with Crippen LogP contribution in [0.5, 0.6) is 11.8 Å². The molecule has 2 saturated carbocycles. The number of rotatable bonds is 9. The monoisotopic (exact) mass is 843 g/mol. The molecular weight excluding hydrogens is 789 g/mol. The Morgan fingerprint density at radius 1 is 1.10 bits per heavy atom. The molecule has 1 saturated heterocycles. The molecule has 2 aliphatic carbocycles. The number of fused-ring (bicyclic) bond motifs is 5. The summed E-state index contributed by atoms with van der Waals surface area (Å²) >= 11 is 0. The summed E-state index contributed by atoms with van der Waals surface area (Å²) in [6, 6.07) is 6.43. The Morgan fingerprint density at radius 2 is 1.81 bits per heavy atom. The number of hydrogen-bond donors (Lipinski definition) is 1. The molecule has 0 bridgehead atoms. The molecule has 0 spiro atoms. The number of sulfonamides is 1. The number of pyridine rings is 1. The van der Waals surface area contributed by atoms with E-state index in [9.17, 15) is 36.4 Å². The van der Waals surface area contributed by atoms with Gasteiger partial charge in [0, 0.05) is 30.7 Å². The lowest BCUT2D eigenvalue weighted by molar-refractivity contribution is -0.198. The first-order chi connectivity index (χ1) is 27.6. The van der Waals surface area contributed by atoms with Crippen molar-refractivity contribution < 1.29 is 55.3 Å². The van der Waals surface area contributed by atoms with Gasteiger partial charge in [-0.1, -0.05) is 30.4 Å². The van der Waals surface area contributed by atoms with E-state index in [0.717, 1.165) is 43.0 Å². The molecule has 59 heavy (non-hydrogen) atoms. The molecule has 2 aromatic rings. The molecule has 13 nitrogen and oxygen atoms in total. The normalized spacial score (nSPS) is 30.4. The first-order valence-corrected chi connectivity index (χ1v) is 22.2. The van der Waals surface area contributed by atoms with Gasteiger partial charge in [0.25, 0.3) is 5.92 Å². The molecule has 0 radical (unpaired) electrons. The number of hydrogen-bond acceptors (Lipinski definition) is 11. The van der Waals surface area contributed by atoms with E-state index in [-0.39, 0.29) is 31.7 Å². The van der Waals surface area contributed by atoms with Crippen molar-refractivity contribution >= 4 is 44.4 Å². The Bertz CT molecular complexity index is 2150. The highest BCUT2D eigenvalue weighted by Gasteiger charge is 2.63. The third-order valence-electron chi connectivity index (χ3n) is 13.1. The number of benzene rings is 1. The minimum Gasteiger partial charge on any atom is -0.477 e. The number of Topliss-reactive ketones (excluding diaryl/α,β-unsaturated/α-hetero) is 1. The molecule has 16 heteroatoms. The first-order valence-electron chi connectivity index (χ1n) is 20.7. The summed E-state index contributed by atoms with van der Waals surface area (Å²) in [6.45, 7) is 8.20. The number of ether oxygens (including phenoxy) is 4. The minimum atomic E-state index is -4.02. The number of ketones is 1. The SMILES string of the molecule is C[C@@H]1CC/C=C\[C@@H]2C[C@@]2(C(=O)NS(=O)(=O)C2(C)CC2)CC(=O)[C@@H]2C[C@@H](Oc3nc4c(c5ccccc35)CCCO4)CN2C(=O)[C@@H](CC(=O)OC(C)(C)C(C)(F)F)[C@H](C)O1. The second-order valence-corrected chi connectivity index (χ2v) is 20.2. The van der Waals surface area contributed by atoms with Gasteiger partial charge in [-0.05, 0) is 96.9 Å². The van der Waals surface area contributed by atoms with Crippen LogP contribution in [0.3, 0.4) is 0 Å². The highest BCUT2D eigenvalue weighted by molar-refractivity contribution is 7.91. The van der Waals surface area contributed by atoms with E-state index >= 15 is 0 Å². The number of esters is 1. The van der Waals surface area contributed by atoms with Gasteiger partial charge in [-0.15, -0.1) is 0 Å². The zero-order chi connectivity index (χ0) is 42.7. The standard InChI is InChI=1S/C43H55F2N3O10S/c1-25-12-7-8-13-27-22-43(27,39(52)47-59(53,54)41(5)17-18-41)23-34(49)33-20-28(57-37-31-15-10-9-14-29(31)30-16-11-19-55-36(30)46-37)24-48(33)38(51)32(26(2)56-25)21-35(50)58-40(3,4)42(6,44)45/h8-10,13-15,25-28,32-33H,7,11-12,16-24H2,1-6H3,(H,47,52)/b13-8-/t25-,26+,27-,28-,32+,33+,43-/m1/s1. The molecule has 7 atom stereocenters. The molecule has 1 aromatic heterocycles. The fourth-order valence-corrected chi connectivity index (χ4v) is 9.79. The van der Waals surface area contributed by atoms with Gasteiger partial charge < -0.3 is 23.8 Å². The van der Waals surface area contributed by atoms with Gasteiger partial charge in [0.1, 0.15) is 6.10 Å². The number of alkyl halides is 2. The van der Waals surface area contributed by atoms with E-state index in [1.807, 2.05) is 43.3 Å². The van der Waals surface area contributed by atoms with Gasteiger partial charge in [-0.2, -0.15) is 4.98 Å². The van der Waals surface area contributed by atoms with E-state index in [1.165, 1.54) is 4.90 Å². The van der Waals surface area contributed by atoms with Crippen molar-refractivity contribution in [2.75, 3.05) is 13.2 Å². The van der Waals surface area contributed by atoms with Crippen molar-refractivity contribution in [3.05, 3.63) is 42.0 Å². The van der Waals surface area contributed by atoms with Gasteiger partial charge in [-0.3, -0.25) is 23.9 Å². The van der Waals surface area contributed by atoms with Crippen molar-refractivity contribution in [3.8, 4) is 11.8 Å². The van der Waals surface area contributed by atoms with Crippen LogP contribution >= 0.6 is 0 Å². The Labute approximate surface area is 344 Å². The van der Waals surface area contributed by atoms with Gasteiger partial charge in [0.15, 0.2) is 11.4 Å². The van der Waals surface area contributed by atoms with Crippen LogP contribution in [-0.4, -0.2) is 95.6 Å². The summed E-state index contributed by atoms with van der Waals surface area (Å²) in [5.41, 5.74) is -2.60. The molecule has 5 aliphatic rings. The average molecular weight is 844 g/mol. The molecule has 322 valence electrons. The predicted octanol–water partition coefficient (Wildman–Crippen LogP) is 6.00. The molecule has 3 fully saturated rings. The molecule has 3 aliphatic heterocycles. The molecule has 1 N–H and O–H groups in total. The predicted molar refractivity (Wildman–Crippen MR) is 212 cm³/mol. The van der Waals surface area contributed by atoms with Crippen molar-refractivity contribution in [2.45, 2.75) is 146 Å². The Kier molecular flexibility index (Phi) is 11.4. The average Bonchev–Trinajstić information content (AvgIpc) is 4.04. The summed E-state index contributed by atoms with van der Waals surface area (Å²) < 4.78 is 80.7. The largest absolute Gasteiger partial charge is 0.477 e. The van der Waals surface area contributed by atoms with Crippen LogP contribution in [0.4, 0.5) is 8.78 Å². The van der Waals surface area contributed by atoms with Crippen LogP contribution < -0.4 is 14.2 Å². The lowest BCUT2D eigenvalue weighted by atomic mass is 9.90. The summed E-state index contributed by atoms with van der Waals surface area (Å²) in [5.74, 6) is -7.32. The van der Waals surface area contributed by atoms with Gasteiger partial charge in [0.05, 0.1) is 53.9 Å². The third kappa shape index (κ3) is 8.58. The smallest absolute Gasteiger partial charge is 0.307 e. The van der Waals surface area contributed by atoms with Crippen molar-refractivity contribution in [2.24, 2.45) is 17.3 Å². The van der Waals surface area contributed by atoms with E-state index < -0.39 is 97.9 Å². The fraction of sp³-hybridized carbons (Fsp3) is 0.651. The lowest BCUT2D eigenvalue weighted by Gasteiger charge is -2.34. The van der Waals surface area contributed by atoms with Crippen LogP contribution in [-0.2, 0) is 45.1 Å². The number of carbonyl (C=O) groups is 4.